The van der Waals surface area contributed by atoms with Crippen LogP contribution in [0.4, 0.5) is 0 Å². The Bertz CT molecular complexity index is 635. The molecule has 0 aliphatic carbocycles. The molecule has 136 valence electrons. The van der Waals surface area contributed by atoms with E-state index in [4.69, 9.17) is 20.9 Å². The van der Waals surface area contributed by atoms with Crippen molar-refractivity contribution in [3.8, 4) is 11.5 Å². The summed E-state index contributed by atoms with van der Waals surface area (Å²) in [6, 6.07) is 5.29. The van der Waals surface area contributed by atoms with Gasteiger partial charge < -0.3 is 25.8 Å². The van der Waals surface area contributed by atoms with Crippen LogP contribution in [0, 0.1) is 0 Å². The first-order valence-corrected chi connectivity index (χ1v) is 8.39. The molecule has 1 amide bonds. The second-order valence-electron chi connectivity index (χ2n) is 5.64. The van der Waals surface area contributed by atoms with Gasteiger partial charge >= 0.3 is 0 Å². The van der Waals surface area contributed by atoms with E-state index in [0.717, 1.165) is 31.5 Å². The van der Waals surface area contributed by atoms with Crippen LogP contribution in [0.3, 0.4) is 0 Å². The number of amides is 1. The highest BCUT2D eigenvalue weighted by atomic mass is 16.5. The summed E-state index contributed by atoms with van der Waals surface area (Å²) in [4.78, 5) is 14.1. The van der Waals surface area contributed by atoms with E-state index in [9.17, 15) is 4.79 Å². The molecule has 1 aliphatic heterocycles. The Balaban J connectivity index is 2.02. The van der Waals surface area contributed by atoms with Crippen molar-refractivity contribution in [1.82, 2.24) is 4.90 Å². The van der Waals surface area contributed by atoms with Crippen molar-refractivity contribution in [3.05, 3.63) is 23.8 Å². The number of likely N-dealkylation sites (tertiary alicyclic amines) is 1. The van der Waals surface area contributed by atoms with Crippen molar-refractivity contribution in [3.63, 3.8) is 0 Å². The van der Waals surface area contributed by atoms with Gasteiger partial charge in [-0.3, -0.25) is 4.79 Å². The van der Waals surface area contributed by atoms with Crippen molar-refractivity contribution in [2.45, 2.75) is 26.2 Å². The summed E-state index contributed by atoms with van der Waals surface area (Å²) in [5.41, 5.74) is 11.2. The summed E-state index contributed by atoms with van der Waals surface area (Å²) in [7, 11) is 0. The van der Waals surface area contributed by atoms with Gasteiger partial charge in [0.05, 0.1) is 12.8 Å². The van der Waals surface area contributed by atoms with E-state index in [1.165, 1.54) is 12.6 Å². The molecule has 8 nitrogen and oxygen atoms in total. The van der Waals surface area contributed by atoms with Crippen LogP contribution >= 0.6 is 0 Å². The fraction of sp³-hybridized carbons (Fsp3) is 0.471. The Kier molecular flexibility index (Phi) is 7.06. The summed E-state index contributed by atoms with van der Waals surface area (Å²) in [5.74, 6) is 0.951. The average molecular weight is 347 g/mol. The normalized spacial score (nSPS) is 14.4. The van der Waals surface area contributed by atoms with E-state index < -0.39 is 0 Å². The standard InChI is InChI=1S/C17H25N5O3/c1-2-24-15-10-13(11-20-21-17(18)19)6-7-14(15)25-12-16(23)22-8-4-3-5-9-22/h6-7,10-11H,2-5,8-9,12H2,1H3,(H4,18,19,21)/b20-11-. The number of carbonyl (C=O) groups is 1. The number of ether oxygens (including phenoxy) is 2. The maximum atomic E-state index is 12.2. The molecular weight excluding hydrogens is 322 g/mol. The van der Waals surface area contributed by atoms with Crippen LogP contribution in [0.5, 0.6) is 11.5 Å². The van der Waals surface area contributed by atoms with Crippen LogP contribution in [0.25, 0.3) is 0 Å². The molecule has 1 aliphatic rings. The molecule has 0 unspecified atom stereocenters. The van der Waals surface area contributed by atoms with Crippen molar-refractivity contribution in [2.24, 2.45) is 21.7 Å². The van der Waals surface area contributed by atoms with Crippen LogP contribution in [0.2, 0.25) is 0 Å². The first-order valence-electron chi connectivity index (χ1n) is 8.39. The average Bonchev–Trinajstić information content (AvgIpc) is 2.61. The zero-order valence-corrected chi connectivity index (χ0v) is 14.5. The number of benzene rings is 1. The largest absolute Gasteiger partial charge is 0.490 e. The fourth-order valence-corrected chi connectivity index (χ4v) is 2.53. The van der Waals surface area contributed by atoms with Gasteiger partial charge in [-0.05, 0) is 49.9 Å². The molecule has 1 heterocycles. The molecule has 25 heavy (non-hydrogen) atoms. The minimum Gasteiger partial charge on any atom is -0.490 e. The van der Waals surface area contributed by atoms with Crippen molar-refractivity contribution >= 4 is 18.1 Å². The Labute approximate surface area is 147 Å². The molecule has 0 atom stereocenters. The molecule has 1 aromatic carbocycles. The SMILES string of the molecule is CCOc1cc(/C=N\N=C(N)N)ccc1OCC(=O)N1CCCCC1. The van der Waals surface area contributed by atoms with Gasteiger partial charge in [-0.25, -0.2) is 0 Å². The molecule has 1 fully saturated rings. The fourth-order valence-electron chi connectivity index (χ4n) is 2.53. The monoisotopic (exact) mass is 347 g/mol. The third kappa shape index (κ3) is 5.98. The zero-order valence-electron chi connectivity index (χ0n) is 14.5. The Hall–Kier alpha value is -2.77. The van der Waals surface area contributed by atoms with Crippen LogP contribution < -0.4 is 20.9 Å². The summed E-state index contributed by atoms with van der Waals surface area (Å²) < 4.78 is 11.3. The van der Waals surface area contributed by atoms with E-state index in [1.807, 2.05) is 11.8 Å². The lowest BCUT2D eigenvalue weighted by atomic mass is 10.1. The second kappa shape index (κ2) is 9.51. The lowest BCUT2D eigenvalue weighted by Gasteiger charge is -2.26. The number of hydrogen-bond acceptors (Lipinski definition) is 5. The maximum absolute atomic E-state index is 12.2. The first-order chi connectivity index (χ1) is 12.1. The number of piperidine rings is 1. The Morgan fingerprint density at radius 2 is 1.96 bits per heavy atom. The molecule has 0 radical (unpaired) electrons. The van der Waals surface area contributed by atoms with Gasteiger partial charge in [0.1, 0.15) is 0 Å². The molecule has 1 saturated heterocycles. The van der Waals surface area contributed by atoms with Crippen molar-refractivity contribution < 1.29 is 14.3 Å². The Morgan fingerprint density at radius 3 is 2.64 bits per heavy atom. The Morgan fingerprint density at radius 1 is 1.20 bits per heavy atom. The molecule has 4 N–H and O–H groups in total. The first kappa shape index (κ1) is 18.6. The number of nitrogens with zero attached hydrogens (tertiary/aromatic N) is 3. The predicted molar refractivity (Wildman–Crippen MR) is 96.9 cm³/mol. The van der Waals surface area contributed by atoms with Gasteiger partial charge in [-0.1, -0.05) is 0 Å². The number of hydrogen-bond donors (Lipinski definition) is 2. The van der Waals surface area contributed by atoms with Crippen LogP contribution in [0.1, 0.15) is 31.7 Å². The summed E-state index contributed by atoms with van der Waals surface area (Å²) >= 11 is 0. The van der Waals surface area contributed by atoms with Gasteiger partial charge in [0.15, 0.2) is 18.1 Å². The van der Waals surface area contributed by atoms with Crippen molar-refractivity contribution in [2.75, 3.05) is 26.3 Å². The number of guanidine groups is 1. The van der Waals surface area contributed by atoms with E-state index in [0.29, 0.717) is 18.1 Å². The van der Waals surface area contributed by atoms with Gasteiger partial charge in [0.2, 0.25) is 5.96 Å². The minimum absolute atomic E-state index is 0.000505. The number of nitrogens with two attached hydrogens (primary N) is 2. The van der Waals surface area contributed by atoms with Gasteiger partial charge in [0.25, 0.3) is 5.91 Å². The smallest absolute Gasteiger partial charge is 0.260 e. The number of rotatable bonds is 7. The van der Waals surface area contributed by atoms with Gasteiger partial charge in [-0.2, -0.15) is 5.10 Å². The molecule has 0 spiro atoms. The topological polar surface area (TPSA) is 116 Å². The van der Waals surface area contributed by atoms with Crippen LogP contribution in [-0.4, -0.2) is 49.3 Å². The minimum atomic E-state index is -0.113. The quantitative estimate of drug-likeness (QED) is 0.435. The second-order valence-corrected chi connectivity index (χ2v) is 5.64. The van der Waals surface area contributed by atoms with Crippen LogP contribution in [-0.2, 0) is 4.79 Å². The lowest BCUT2D eigenvalue weighted by molar-refractivity contribution is -0.134. The molecule has 0 saturated carbocycles. The van der Waals surface area contributed by atoms with E-state index >= 15 is 0 Å². The summed E-state index contributed by atoms with van der Waals surface area (Å²) in [5, 5.41) is 7.31. The third-order valence-corrected chi connectivity index (χ3v) is 3.71. The molecule has 0 aromatic heterocycles. The molecule has 2 rings (SSSR count). The third-order valence-electron chi connectivity index (χ3n) is 3.71. The van der Waals surface area contributed by atoms with E-state index in [-0.39, 0.29) is 18.5 Å². The number of carbonyl (C=O) groups excluding carboxylic acids is 1. The zero-order chi connectivity index (χ0) is 18.1. The summed E-state index contributed by atoms with van der Waals surface area (Å²) in [6.45, 7) is 3.97. The molecular formula is C17H25N5O3. The van der Waals surface area contributed by atoms with Gasteiger partial charge in [-0.15, -0.1) is 5.10 Å². The highest BCUT2D eigenvalue weighted by molar-refractivity contribution is 5.82. The highest BCUT2D eigenvalue weighted by Crippen LogP contribution is 2.28. The molecule has 8 heteroatoms. The van der Waals surface area contributed by atoms with E-state index in [1.54, 1.807) is 18.2 Å². The van der Waals surface area contributed by atoms with Crippen molar-refractivity contribution in [1.29, 1.82) is 0 Å². The predicted octanol–water partition coefficient (Wildman–Crippen LogP) is 1.08. The van der Waals surface area contributed by atoms with Gasteiger partial charge in [0, 0.05) is 13.1 Å². The summed E-state index contributed by atoms with van der Waals surface area (Å²) in [6.07, 6.45) is 4.80. The molecule has 1 aromatic rings. The van der Waals surface area contributed by atoms with Crippen LogP contribution in [0.15, 0.2) is 28.4 Å². The highest BCUT2D eigenvalue weighted by Gasteiger charge is 2.17. The maximum Gasteiger partial charge on any atom is 0.260 e. The van der Waals surface area contributed by atoms with E-state index in [2.05, 4.69) is 10.2 Å². The lowest BCUT2D eigenvalue weighted by Crippen LogP contribution is -2.38. The molecule has 0 bridgehead atoms.